The summed E-state index contributed by atoms with van der Waals surface area (Å²) in [4.78, 5) is 14.7. The van der Waals surface area contributed by atoms with Crippen LogP contribution in [0, 0.1) is 37.6 Å². The van der Waals surface area contributed by atoms with Gasteiger partial charge in [0.1, 0.15) is 0 Å². The van der Waals surface area contributed by atoms with E-state index in [9.17, 15) is 18.4 Å². The fourth-order valence-electron chi connectivity index (χ4n) is 8.81. The number of hydrogen-bond donors (Lipinski definition) is 0. The summed E-state index contributed by atoms with van der Waals surface area (Å²) in [6.45, 7) is 31.6. The van der Waals surface area contributed by atoms with Crippen LogP contribution in [0.3, 0.4) is 0 Å². The van der Waals surface area contributed by atoms with Crippen LogP contribution in [-0.4, -0.2) is 9.13 Å². The second kappa shape index (κ2) is 14.9. The molecule has 0 spiro atoms. The van der Waals surface area contributed by atoms with E-state index >= 15 is 0 Å². The highest BCUT2D eigenvalue weighted by molar-refractivity contribution is 6.13. The maximum atomic E-state index is 14.8. The molecule has 0 saturated carbocycles. The third kappa shape index (κ3) is 6.26. The van der Waals surface area contributed by atoms with Crippen LogP contribution in [0.25, 0.3) is 108 Å². The molecule has 8 aromatic carbocycles. The van der Waals surface area contributed by atoms with Gasteiger partial charge in [-0.15, -0.1) is 0 Å². The summed E-state index contributed by atoms with van der Waals surface area (Å²) in [7, 11) is 0. The number of halogens is 3. The summed E-state index contributed by atoms with van der Waals surface area (Å²) in [5, 5.41) is 13.3. The molecule has 2 heterocycles. The van der Waals surface area contributed by atoms with Gasteiger partial charge in [-0.1, -0.05) is 97.1 Å². The Kier molecular flexibility index (Phi) is 9.06. The van der Waals surface area contributed by atoms with Crippen molar-refractivity contribution in [2.24, 2.45) is 0 Å². The fraction of sp³-hybridized carbons (Fsp3) is 0.0185. The molecule has 0 aliphatic rings. The predicted molar refractivity (Wildman–Crippen MR) is 246 cm³/mol. The first-order valence-electron chi connectivity index (χ1n) is 19.7. The maximum Gasteiger partial charge on any atom is 0.416 e. The number of para-hydroxylation sites is 2. The zero-order valence-electron chi connectivity index (χ0n) is 33.3. The van der Waals surface area contributed by atoms with Crippen molar-refractivity contribution in [1.82, 2.24) is 9.13 Å². The normalized spacial score (nSPS) is 11.3. The summed E-state index contributed by atoms with van der Waals surface area (Å²) < 4.78 is 48.6. The molecule has 2 aromatic heterocycles. The highest BCUT2D eigenvalue weighted by Gasteiger charge is 2.34. The van der Waals surface area contributed by atoms with Gasteiger partial charge in [-0.25, -0.2) is 19.4 Å². The summed E-state index contributed by atoms with van der Waals surface area (Å²) in [6, 6.07) is 48.0. The van der Waals surface area contributed by atoms with Crippen molar-refractivity contribution in [2.45, 2.75) is 6.18 Å². The van der Waals surface area contributed by atoms with Crippen molar-refractivity contribution < 1.29 is 13.2 Å². The minimum absolute atomic E-state index is 0.00504. The van der Waals surface area contributed by atoms with Crippen LogP contribution in [0.1, 0.15) is 11.1 Å². The minimum atomic E-state index is -4.72. The van der Waals surface area contributed by atoms with E-state index in [-0.39, 0.29) is 16.8 Å². The second-order valence-electron chi connectivity index (χ2n) is 15.1. The lowest BCUT2D eigenvalue weighted by molar-refractivity contribution is -0.137. The number of nitriles is 1. The summed E-state index contributed by atoms with van der Waals surface area (Å²) in [6.07, 6.45) is -4.72. The van der Waals surface area contributed by atoms with Gasteiger partial charge in [0.2, 0.25) is 0 Å². The van der Waals surface area contributed by atoms with E-state index < -0.39 is 11.7 Å². The van der Waals surface area contributed by atoms with Gasteiger partial charge < -0.3 is 9.13 Å². The smallest absolute Gasteiger partial charge is 0.308 e. The minimum Gasteiger partial charge on any atom is -0.308 e. The van der Waals surface area contributed by atoms with Crippen LogP contribution in [0.5, 0.6) is 0 Å². The van der Waals surface area contributed by atoms with Crippen molar-refractivity contribution >= 4 is 66.4 Å². The largest absolute Gasteiger partial charge is 0.416 e. The first kappa shape index (κ1) is 38.8. The molecule has 7 nitrogen and oxygen atoms in total. The molecule has 0 aliphatic carbocycles. The van der Waals surface area contributed by atoms with E-state index in [0.29, 0.717) is 56.2 Å². The van der Waals surface area contributed by atoms with E-state index in [1.165, 1.54) is 30.3 Å². The molecule has 0 atom stereocenters. The number of rotatable bonds is 5. The van der Waals surface area contributed by atoms with E-state index in [1.807, 2.05) is 94.1 Å². The van der Waals surface area contributed by atoms with Crippen molar-refractivity contribution in [1.29, 1.82) is 5.26 Å². The molecule has 298 valence electrons. The van der Waals surface area contributed by atoms with Gasteiger partial charge in [-0.2, -0.15) is 18.4 Å². The Morgan fingerprint density at radius 2 is 0.922 bits per heavy atom. The predicted octanol–water partition coefficient (Wildman–Crippen LogP) is 16.0. The van der Waals surface area contributed by atoms with Crippen molar-refractivity contribution in [3.63, 3.8) is 0 Å². The average molecular weight is 830 g/mol. The molecular weight excluding hydrogens is 804 g/mol. The summed E-state index contributed by atoms with van der Waals surface area (Å²) >= 11 is 0. The number of alkyl halides is 3. The third-order valence-corrected chi connectivity index (χ3v) is 11.6. The SMILES string of the molecule is [C-]#[N+]c1cc(C#N)cc(-c2ccc3c4ccccc4n(-c4cc(-c5ccccc5C(F)(F)F)c([N+]#[C-])cc4-n4c5ccccc5c5ccc(-c6cc([N+]#[C-])cc([N+]#[C-])c6)cc54)c3c2)c1. The summed E-state index contributed by atoms with van der Waals surface area (Å²) in [5.41, 5.74) is 7.02. The zero-order chi connectivity index (χ0) is 44.3. The van der Waals surface area contributed by atoms with E-state index in [2.05, 4.69) is 25.4 Å². The quantitative estimate of drug-likeness (QED) is 0.159. The lowest BCUT2D eigenvalue weighted by atomic mass is 9.96. The highest BCUT2D eigenvalue weighted by Crippen LogP contribution is 2.47. The van der Waals surface area contributed by atoms with Crippen LogP contribution < -0.4 is 0 Å². The number of hydrogen-bond acceptors (Lipinski definition) is 1. The number of benzene rings is 8. The zero-order valence-corrected chi connectivity index (χ0v) is 33.3. The standard InChI is InChI=1S/C54H26F3N7/c1-59-37-22-32(31-58)21-35(23-37)33-17-19-43-41-12-6-9-15-48(41)63(50(43)26-33)52-29-45(40-11-5-8-14-46(40)54(55,56)57)47(62-4)30-53(52)64-49-16-10-7-13-42(49)44-20-18-34(27-51(44)64)36-24-38(60-2)28-39(25-36)61-3/h5-30H. The Labute approximate surface area is 364 Å². The monoisotopic (exact) mass is 829 g/mol. The van der Waals surface area contributed by atoms with E-state index in [1.54, 1.807) is 36.4 Å². The molecule has 0 aliphatic heterocycles. The van der Waals surface area contributed by atoms with Crippen LogP contribution in [0.15, 0.2) is 158 Å². The molecule has 0 unspecified atom stereocenters. The molecule has 10 rings (SSSR count). The Hall–Kier alpha value is -9.40. The molecule has 0 saturated heterocycles. The van der Waals surface area contributed by atoms with Crippen LogP contribution in [0.2, 0.25) is 0 Å². The summed E-state index contributed by atoms with van der Waals surface area (Å²) in [5.74, 6) is 0. The molecule has 10 aromatic rings. The third-order valence-electron chi connectivity index (χ3n) is 11.6. The maximum absolute atomic E-state index is 14.8. The van der Waals surface area contributed by atoms with Crippen molar-refractivity contribution in [2.75, 3.05) is 0 Å². The molecule has 0 fully saturated rings. The van der Waals surface area contributed by atoms with Crippen LogP contribution >= 0.6 is 0 Å². The average Bonchev–Trinajstić information content (AvgIpc) is 3.84. The van der Waals surface area contributed by atoms with E-state index in [0.717, 1.165) is 49.7 Å². The molecule has 64 heavy (non-hydrogen) atoms. The van der Waals surface area contributed by atoms with Crippen molar-refractivity contribution in [3.8, 4) is 50.8 Å². The fourth-order valence-corrected chi connectivity index (χ4v) is 8.81. The van der Waals surface area contributed by atoms with Crippen LogP contribution in [-0.2, 0) is 6.18 Å². The van der Waals surface area contributed by atoms with Gasteiger partial charge >= 0.3 is 6.18 Å². The second-order valence-corrected chi connectivity index (χ2v) is 15.1. The first-order valence-corrected chi connectivity index (χ1v) is 19.7. The number of fused-ring (bicyclic) bond motifs is 6. The van der Waals surface area contributed by atoms with Gasteiger partial charge in [0.15, 0.2) is 22.7 Å². The number of aromatic nitrogens is 2. The van der Waals surface area contributed by atoms with Gasteiger partial charge in [0.25, 0.3) is 0 Å². The first-order chi connectivity index (χ1) is 31.1. The molecule has 10 heteroatoms. The van der Waals surface area contributed by atoms with Gasteiger partial charge in [-0.05, 0) is 94.0 Å². The lowest BCUT2D eigenvalue weighted by Crippen LogP contribution is -2.08. The lowest BCUT2D eigenvalue weighted by Gasteiger charge is -2.21. The van der Waals surface area contributed by atoms with Gasteiger partial charge in [-0.3, -0.25) is 0 Å². The number of nitrogens with zero attached hydrogens (tertiary/aromatic N) is 7. The molecular formula is C54H26F3N7. The van der Waals surface area contributed by atoms with Gasteiger partial charge in [0, 0.05) is 27.1 Å². The Bertz CT molecular complexity index is 3790. The topological polar surface area (TPSA) is 51.1 Å². The Balaban J connectivity index is 1.36. The van der Waals surface area contributed by atoms with Crippen molar-refractivity contribution in [3.05, 3.63) is 215 Å². The van der Waals surface area contributed by atoms with Gasteiger partial charge in [0.05, 0.1) is 71.4 Å². The molecule has 0 radical (unpaired) electrons. The molecule has 0 amide bonds. The van der Waals surface area contributed by atoms with E-state index in [4.69, 9.17) is 26.3 Å². The Morgan fingerprint density at radius 3 is 1.45 bits per heavy atom. The molecule has 0 bridgehead atoms. The molecule has 0 N–H and O–H groups in total. The van der Waals surface area contributed by atoms with Crippen LogP contribution in [0.4, 0.5) is 35.9 Å². The highest BCUT2D eigenvalue weighted by atomic mass is 19.4. The Morgan fingerprint density at radius 1 is 0.438 bits per heavy atom.